The molecule has 2 unspecified atom stereocenters. The van der Waals surface area contributed by atoms with Gasteiger partial charge in [-0.2, -0.15) is 0 Å². The van der Waals surface area contributed by atoms with Crippen LogP contribution in [0.3, 0.4) is 0 Å². The van der Waals surface area contributed by atoms with E-state index in [4.69, 9.17) is 14.6 Å². The molecule has 2 atom stereocenters. The molecule has 7 nitrogen and oxygen atoms in total. The summed E-state index contributed by atoms with van der Waals surface area (Å²) in [6, 6.07) is 3.16. The Balaban J connectivity index is 2.01. The first kappa shape index (κ1) is 16.2. The minimum atomic E-state index is -0.931. The SMILES string of the molecule is CC(CN(C)C(=O)c1ccnc(OC2CCOC2)c1)C(=O)O. The lowest BCUT2D eigenvalue weighted by Gasteiger charge is -2.20. The van der Waals surface area contributed by atoms with Gasteiger partial charge in [-0.25, -0.2) is 4.98 Å². The Labute approximate surface area is 128 Å². The van der Waals surface area contributed by atoms with Gasteiger partial charge in [-0.15, -0.1) is 0 Å². The monoisotopic (exact) mass is 308 g/mol. The van der Waals surface area contributed by atoms with E-state index in [9.17, 15) is 9.59 Å². The van der Waals surface area contributed by atoms with Crippen LogP contribution in [0.4, 0.5) is 0 Å². The fourth-order valence-corrected chi connectivity index (χ4v) is 2.18. The van der Waals surface area contributed by atoms with Crippen molar-refractivity contribution in [1.82, 2.24) is 9.88 Å². The molecule has 120 valence electrons. The van der Waals surface area contributed by atoms with Gasteiger partial charge in [0.05, 0.1) is 19.1 Å². The molecule has 0 radical (unpaired) electrons. The van der Waals surface area contributed by atoms with E-state index in [1.165, 1.54) is 11.1 Å². The van der Waals surface area contributed by atoms with E-state index < -0.39 is 11.9 Å². The lowest BCUT2D eigenvalue weighted by Crippen LogP contribution is -2.33. The van der Waals surface area contributed by atoms with Gasteiger partial charge in [0.2, 0.25) is 5.88 Å². The number of carboxylic acids is 1. The minimum Gasteiger partial charge on any atom is -0.481 e. The normalized spacial score (nSPS) is 18.7. The Kier molecular flexibility index (Phi) is 5.32. The Bertz CT molecular complexity index is 542. The second-order valence-electron chi connectivity index (χ2n) is 5.41. The van der Waals surface area contributed by atoms with Crippen molar-refractivity contribution in [3.63, 3.8) is 0 Å². The van der Waals surface area contributed by atoms with Crippen LogP contribution in [0.1, 0.15) is 23.7 Å². The first-order chi connectivity index (χ1) is 10.5. The van der Waals surface area contributed by atoms with E-state index in [1.54, 1.807) is 26.1 Å². The van der Waals surface area contributed by atoms with Crippen LogP contribution in [0, 0.1) is 5.92 Å². The van der Waals surface area contributed by atoms with Crippen LogP contribution < -0.4 is 4.74 Å². The van der Waals surface area contributed by atoms with Gasteiger partial charge >= 0.3 is 5.97 Å². The molecule has 7 heteroatoms. The van der Waals surface area contributed by atoms with Crippen molar-refractivity contribution >= 4 is 11.9 Å². The average molecular weight is 308 g/mol. The number of carbonyl (C=O) groups is 2. The van der Waals surface area contributed by atoms with Crippen molar-refractivity contribution in [2.75, 3.05) is 26.8 Å². The van der Waals surface area contributed by atoms with E-state index in [1.807, 2.05) is 0 Å². The highest BCUT2D eigenvalue weighted by Crippen LogP contribution is 2.16. The third-order valence-electron chi connectivity index (χ3n) is 3.47. The molecule has 1 fully saturated rings. The van der Waals surface area contributed by atoms with Crippen molar-refractivity contribution in [3.05, 3.63) is 23.9 Å². The van der Waals surface area contributed by atoms with Crippen LogP contribution in [0.25, 0.3) is 0 Å². The van der Waals surface area contributed by atoms with E-state index >= 15 is 0 Å². The molecule has 2 heterocycles. The number of pyridine rings is 1. The zero-order valence-corrected chi connectivity index (χ0v) is 12.7. The minimum absolute atomic E-state index is 0.0392. The summed E-state index contributed by atoms with van der Waals surface area (Å²) in [7, 11) is 1.58. The van der Waals surface area contributed by atoms with Crippen LogP contribution in [0.5, 0.6) is 5.88 Å². The molecule has 0 spiro atoms. The number of rotatable bonds is 6. The summed E-state index contributed by atoms with van der Waals surface area (Å²) < 4.78 is 10.9. The van der Waals surface area contributed by atoms with Crippen molar-refractivity contribution in [1.29, 1.82) is 0 Å². The van der Waals surface area contributed by atoms with Gasteiger partial charge in [-0.1, -0.05) is 6.92 Å². The van der Waals surface area contributed by atoms with Gasteiger partial charge in [0.15, 0.2) is 0 Å². The molecule has 22 heavy (non-hydrogen) atoms. The standard InChI is InChI=1S/C15H20N2O5/c1-10(15(19)20)8-17(2)14(18)11-3-5-16-13(7-11)22-12-4-6-21-9-12/h3,5,7,10,12H,4,6,8-9H2,1-2H3,(H,19,20). The van der Waals surface area contributed by atoms with Crippen LogP contribution in [0.15, 0.2) is 18.3 Å². The largest absolute Gasteiger partial charge is 0.481 e. The molecule has 2 rings (SSSR count). The van der Waals surface area contributed by atoms with Crippen LogP contribution in [0.2, 0.25) is 0 Å². The summed E-state index contributed by atoms with van der Waals surface area (Å²) in [4.78, 5) is 28.7. The lowest BCUT2D eigenvalue weighted by molar-refractivity contribution is -0.141. The highest BCUT2D eigenvalue weighted by atomic mass is 16.5. The number of hydrogen-bond acceptors (Lipinski definition) is 5. The Morgan fingerprint density at radius 2 is 2.36 bits per heavy atom. The molecule has 1 aliphatic rings. The predicted molar refractivity (Wildman–Crippen MR) is 77.8 cm³/mol. The van der Waals surface area contributed by atoms with Crippen molar-refractivity contribution in [2.24, 2.45) is 5.92 Å². The summed E-state index contributed by atoms with van der Waals surface area (Å²) in [5.41, 5.74) is 0.420. The summed E-state index contributed by atoms with van der Waals surface area (Å²) >= 11 is 0. The van der Waals surface area contributed by atoms with Gasteiger partial charge in [0.25, 0.3) is 5.91 Å². The quantitative estimate of drug-likeness (QED) is 0.844. The number of nitrogens with zero attached hydrogens (tertiary/aromatic N) is 2. The Hall–Kier alpha value is -2.15. The summed E-state index contributed by atoms with van der Waals surface area (Å²) in [5, 5.41) is 8.91. The smallest absolute Gasteiger partial charge is 0.308 e. The maximum Gasteiger partial charge on any atom is 0.308 e. The topological polar surface area (TPSA) is 89.0 Å². The molecule has 1 amide bonds. The summed E-state index contributed by atoms with van der Waals surface area (Å²) in [5.74, 6) is -1.44. The van der Waals surface area contributed by atoms with Crippen molar-refractivity contribution in [3.8, 4) is 5.88 Å². The molecule has 1 aliphatic heterocycles. The van der Waals surface area contributed by atoms with Gasteiger partial charge < -0.3 is 19.5 Å². The highest BCUT2D eigenvalue weighted by molar-refractivity contribution is 5.94. The third kappa shape index (κ3) is 4.17. The maximum atomic E-state index is 12.3. The van der Waals surface area contributed by atoms with Crippen LogP contribution in [-0.4, -0.2) is 59.8 Å². The summed E-state index contributed by atoms with van der Waals surface area (Å²) in [6.07, 6.45) is 2.27. The fraction of sp³-hybridized carbons (Fsp3) is 0.533. The van der Waals surface area contributed by atoms with Crippen molar-refractivity contribution in [2.45, 2.75) is 19.4 Å². The zero-order valence-electron chi connectivity index (χ0n) is 12.7. The number of carbonyl (C=O) groups excluding carboxylic acids is 1. The van der Waals surface area contributed by atoms with E-state index in [0.29, 0.717) is 24.7 Å². The molecule has 1 aromatic heterocycles. The maximum absolute atomic E-state index is 12.3. The third-order valence-corrected chi connectivity index (χ3v) is 3.47. The number of ether oxygens (including phenoxy) is 2. The molecular formula is C15H20N2O5. The molecule has 1 saturated heterocycles. The zero-order chi connectivity index (χ0) is 16.1. The summed E-state index contributed by atoms with van der Waals surface area (Å²) in [6.45, 7) is 2.89. The van der Waals surface area contributed by atoms with Gasteiger partial charge in [0.1, 0.15) is 6.10 Å². The van der Waals surface area contributed by atoms with E-state index in [2.05, 4.69) is 4.98 Å². The molecule has 0 aromatic carbocycles. The fourth-order valence-electron chi connectivity index (χ4n) is 2.18. The first-order valence-electron chi connectivity index (χ1n) is 7.16. The Morgan fingerprint density at radius 3 is 3.00 bits per heavy atom. The molecule has 0 saturated carbocycles. The Morgan fingerprint density at radius 1 is 1.59 bits per heavy atom. The van der Waals surface area contributed by atoms with Gasteiger partial charge in [-0.05, 0) is 6.07 Å². The first-order valence-corrected chi connectivity index (χ1v) is 7.16. The van der Waals surface area contributed by atoms with E-state index in [-0.39, 0.29) is 18.6 Å². The number of aromatic nitrogens is 1. The van der Waals surface area contributed by atoms with Crippen LogP contribution >= 0.6 is 0 Å². The average Bonchev–Trinajstić information content (AvgIpc) is 2.99. The van der Waals surface area contributed by atoms with Crippen LogP contribution in [-0.2, 0) is 9.53 Å². The van der Waals surface area contributed by atoms with Gasteiger partial charge in [0, 0.05) is 37.8 Å². The second-order valence-corrected chi connectivity index (χ2v) is 5.41. The predicted octanol–water partition coefficient (Wildman–Crippen LogP) is 1.04. The second kappa shape index (κ2) is 7.22. The molecular weight excluding hydrogens is 288 g/mol. The van der Waals surface area contributed by atoms with Crippen molar-refractivity contribution < 1.29 is 24.2 Å². The number of amides is 1. The number of aliphatic carboxylic acids is 1. The molecule has 0 aliphatic carbocycles. The number of hydrogen-bond donors (Lipinski definition) is 1. The highest BCUT2D eigenvalue weighted by Gasteiger charge is 2.21. The number of carboxylic acid groups (broad SMARTS) is 1. The van der Waals surface area contributed by atoms with Gasteiger partial charge in [-0.3, -0.25) is 9.59 Å². The lowest BCUT2D eigenvalue weighted by atomic mass is 10.1. The molecule has 1 N–H and O–H groups in total. The van der Waals surface area contributed by atoms with E-state index in [0.717, 1.165) is 6.42 Å². The molecule has 0 bridgehead atoms. The molecule has 1 aromatic rings.